The number of hydrogen-bond donors (Lipinski definition) is 1. The van der Waals surface area contributed by atoms with Crippen molar-refractivity contribution in [3.63, 3.8) is 0 Å². The van der Waals surface area contributed by atoms with Gasteiger partial charge in [-0.15, -0.1) is 0 Å². The summed E-state index contributed by atoms with van der Waals surface area (Å²) < 4.78 is 5.05. The molecule has 0 radical (unpaired) electrons. The molecule has 1 heterocycles. The number of nitrogens with zero attached hydrogens (tertiary/aromatic N) is 1. The first-order valence-electron chi connectivity index (χ1n) is 5.12. The van der Waals surface area contributed by atoms with Gasteiger partial charge in [-0.1, -0.05) is 19.1 Å². The molecule has 0 unspecified atom stereocenters. The van der Waals surface area contributed by atoms with Crippen molar-refractivity contribution in [3.8, 4) is 5.88 Å². The minimum atomic E-state index is 0.656. The second kappa shape index (κ2) is 6.19. The van der Waals surface area contributed by atoms with Gasteiger partial charge in [-0.2, -0.15) is 0 Å². The standard InChI is InChI=1S/C12H18N2O/c1-4-10(2)8-13-9-11-5-6-14-12(7-11)15-3/h5-7,13H,2,4,8-9H2,1,3H3. The zero-order chi connectivity index (χ0) is 11.1. The van der Waals surface area contributed by atoms with E-state index in [1.54, 1.807) is 13.3 Å². The van der Waals surface area contributed by atoms with E-state index in [0.717, 1.165) is 19.5 Å². The largest absolute Gasteiger partial charge is 0.481 e. The third-order valence-corrected chi connectivity index (χ3v) is 2.21. The average molecular weight is 206 g/mol. The average Bonchev–Trinajstić information content (AvgIpc) is 2.29. The molecule has 1 aromatic rings. The van der Waals surface area contributed by atoms with Gasteiger partial charge in [0.15, 0.2) is 0 Å². The SMILES string of the molecule is C=C(CC)CNCc1ccnc(OC)c1. The van der Waals surface area contributed by atoms with Crippen molar-refractivity contribution >= 4 is 0 Å². The Morgan fingerprint density at radius 1 is 1.60 bits per heavy atom. The van der Waals surface area contributed by atoms with Gasteiger partial charge in [0.2, 0.25) is 5.88 Å². The Balaban J connectivity index is 2.40. The third-order valence-electron chi connectivity index (χ3n) is 2.21. The van der Waals surface area contributed by atoms with Crippen molar-refractivity contribution in [1.29, 1.82) is 0 Å². The summed E-state index contributed by atoms with van der Waals surface area (Å²) >= 11 is 0. The van der Waals surface area contributed by atoms with Gasteiger partial charge in [-0.3, -0.25) is 0 Å². The number of aromatic nitrogens is 1. The van der Waals surface area contributed by atoms with E-state index in [0.29, 0.717) is 5.88 Å². The van der Waals surface area contributed by atoms with E-state index >= 15 is 0 Å². The quantitative estimate of drug-likeness (QED) is 0.724. The lowest BCUT2D eigenvalue weighted by Gasteiger charge is -2.06. The van der Waals surface area contributed by atoms with Crippen molar-refractivity contribution < 1.29 is 4.74 Å². The zero-order valence-corrected chi connectivity index (χ0v) is 9.42. The van der Waals surface area contributed by atoms with Crippen LogP contribution in [0.15, 0.2) is 30.5 Å². The molecule has 0 saturated carbocycles. The summed E-state index contributed by atoms with van der Waals surface area (Å²) in [6, 6.07) is 3.91. The monoisotopic (exact) mass is 206 g/mol. The van der Waals surface area contributed by atoms with Crippen LogP contribution in [0.2, 0.25) is 0 Å². The highest BCUT2D eigenvalue weighted by atomic mass is 16.5. The summed E-state index contributed by atoms with van der Waals surface area (Å²) in [5, 5.41) is 3.32. The normalized spacial score (nSPS) is 10.0. The van der Waals surface area contributed by atoms with Gasteiger partial charge in [-0.05, 0) is 18.1 Å². The number of nitrogens with one attached hydrogen (secondary N) is 1. The van der Waals surface area contributed by atoms with Gasteiger partial charge in [-0.25, -0.2) is 4.98 Å². The van der Waals surface area contributed by atoms with Crippen LogP contribution in [0, 0.1) is 0 Å². The van der Waals surface area contributed by atoms with E-state index in [2.05, 4.69) is 23.8 Å². The van der Waals surface area contributed by atoms with Crippen LogP contribution in [0.1, 0.15) is 18.9 Å². The number of hydrogen-bond acceptors (Lipinski definition) is 3. The Morgan fingerprint density at radius 3 is 3.07 bits per heavy atom. The van der Waals surface area contributed by atoms with Crippen LogP contribution >= 0.6 is 0 Å². The second-order valence-electron chi connectivity index (χ2n) is 3.41. The van der Waals surface area contributed by atoms with E-state index in [9.17, 15) is 0 Å². The van der Waals surface area contributed by atoms with Crippen molar-refractivity contribution in [2.75, 3.05) is 13.7 Å². The van der Waals surface area contributed by atoms with Crippen molar-refractivity contribution in [3.05, 3.63) is 36.0 Å². The molecule has 0 aliphatic carbocycles. The van der Waals surface area contributed by atoms with E-state index in [1.165, 1.54) is 11.1 Å². The molecule has 1 N–H and O–H groups in total. The maximum absolute atomic E-state index is 5.05. The predicted octanol–water partition coefficient (Wildman–Crippen LogP) is 2.15. The van der Waals surface area contributed by atoms with Crippen LogP contribution in [0.4, 0.5) is 0 Å². The van der Waals surface area contributed by atoms with Gasteiger partial charge >= 0.3 is 0 Å². The van der Waals surface area contributed by atoms with Gasteiger partial charge in [0.25, 0.3) is 0 Å². The molecule has 3 heteroatoms. The zero-order valence-electron chi connectivity index (χ0n) is 9.42. The smallest absolute Gasteiger partial charge is 0.213 e. The van der Waals surface area contributed by atoms with Gasteiger partial charge < -0.3 is 10.1 Å². The lowest BCUT2D eigenvalue weighted by molar-refractivity contribution is 0.397. The van der Waals surface area contributed by atoms with Crippen molar-refractivity contribution in [1.82, 2.24) is 10.3 Å². The van der Waals surface area contributed by atoms with Crippen LogP contribution in [0.25, 0.3) is 0 Å². The first-order chi connectivity index (χ1) is 7.26. The highest BCUT2D eigenvalue weighted by molar-refractivity contribution is 5.20. The van der Waals surface area contributed by atoms with Crippen LogP contribution in [-0.2, 0) is 6.54 Å². The molecule has 0 saturated heterocycles. The number of rotatable bonds is 6. The number of ether oxygens (including phenoxy) is 1. The Hall–Kier alpha value is -1.35. The lowest BCUT2D eigenvalue weighted by atomic mass is 10.2. The molecule has 0 spiro atoms. The van der Waals surface area contributed by atoms with Crippen LogP contribution in [-0.4, -0.2) is 18.6 Å². The Labute approximate surface area is 91.2 Å². The molecule has 0 amide bonds. The lowest BCUT2D eigenvalue weighted by Crippen LogP contribution is -2.16. The van der Waals surface area contributed by atoms with E-state index in [1.807, 2.05) is 12.1 Å². The maximum atomic E-state index is 5.05. The fourth-order valence-corrected chi connectivity index (χ4v) is 1.18. The minimum Gasteiger partial charge on any atom is -0.481 e. The van der Waals surface area contributed by atoms with E-state index in [4.69, 9.17) is 4.74 Å². The van der Waals surface area contributed by atoms with Gasteiger partial charge in [0.1, 0.15) is 0 Å². The highest BCUT2D eigenvalue weighted by Gasteiger charge is 1.96. The molecule has 0 aliphatic rings. The topological polar surface area (TPSA) is 34.2 Å². The Bertz CT molecular complexity index is 323. The minimum absolute atomic E-state index is 0.656. The Morgan fingerprint density at radius 2 is 2.40 bits per heavy atom. The molecule has 0 aliphatic heterocycles. The summed E-state index contributed by atoms with van der Waals surface area (Å²) in [5.74, 6) is 0.656. The molecule has 0 aromatic carbocycles. The van der Waals surface area contributed by atoms with Crippen molar-refractivity contribution in [2.24, 2.45) is 0 Å². The van der Waals surface area contributed by atoms with Crippen LogP contribution in [0.3, 0.4) is 0 Å². The third kappa shape index (κ3) is 4.13. The molecule has 1 rings (SSSR count). The summed E-state index contributed by atoms with van der Waals surface area (Å²) in [6.45, 7) is 7.73. The van der Waals surface area contributed by atoms with Crippen molar-refractivity contribution in [2.45, 2.75) is 19.9 Å². The predicted molar refractivity (Wildman–Crippen MR) is 61.9 cm³/mol. The summed E-state index contributed by atoms with van der Waals surface area (Å²) in [7, 11) is 1.62. The van der Waals surface area contributed by atoms with E-state index < -0.39 is 0 Å². The first-order valence-corrected chi connectivity index (χ1v) is 5.12. The van der Waals surface area contributed by atoms with Crippen LogP contribution in [0.5, 0.6) is 5.88 Å². The molecule has 15 heavy (non-hydrogen) atoms. The van der Waals surface area contributed by atoms with E-state index in [-0.39, 0.29) is 0 Å². The van der Waals surface area contributed by atoms with Gasteiger partial charge in [0.05, 0.1) is 7.11 Å². The molecular formula is C12H18N2O. The molecule has 82 valence electrons. The van der Waals surface area contributed by atoms with Gasteiger partial charge in [0, 0.05) is 25.4 Å². The second-order valence-corrected chi connectivity index (χ2v) is 3.41. The van der Waals surface area contributed by atoms with Crippen LogP contribution < -0.4 is 10.1 Å². The molecule has 0 fully saturated rings. The maximum Gasteiger partial charge on any atom is 0.213 e. The summed E-state index contributed by atoms with van der Waals surface area (Å²) in [5.41, 5.74) is 2.39. The number of pyridine rings is 1. The fraction of sp³-hybridized carbons (Fsp3) is 0.417. The molecule has 0 bridgehead atoms. The first kappa shape index (κ1) is 11.7. The highest BCUT2D eigenvalue weighted by Crippen LogP contribution is 2.08. The summed E-state index contributed by atoms with van der Waals surface area (Å²) in [6.07, 6.45) is 2.77. The fourth-order valence-electron chi connectivity index (χ4n) is 1.18. The number of methoxy groups -OCH3 is 1. The Kier molecular flexibility index (Phi) is 4.84. The molecular weight excluding hydrogens is 188 g/mol. The molecule has 0 atom stereocenters. The summed E-state index contributed by atoms with van der Waals surface area (Å²) in [4.78, 5) is 4.05. The molecule has 3 nitrogen and oxygen atoms in total. The molecule has 1 aromatic heterocycles.